The summed E-state index contributed by atoms with van der Waals surface area (Å²) in [5.74, 6) is -1.62. The molecule has 0 saturated heterocycles. The molecule has 1 unspecified atom stereocenters. The highest BCUT2D eigenvalue weighted by Gasteiger charge is 2.35. The first-order valence-corrected chi connectivity index (χ1v) is 8.63. The Morgan fingerprint density at radius 1 is 0.731 bits per heavy atom. The first kappa shape index (κ1) is 24.7. The van der Waals surface area contributed by atoms with Gasteiger partial charge in [-0.1, -0.05) is 25.7 Å². The Labute approximate surface area is 151 Å². The monoisotopic (exact) mass is 382 g/mol. The van der Waals surface area contributed by atoms with Crippen LogP contribution in [0.5, 0.6) is 0 Å². The van der Waals surface area contributed by atoms with Gasteiger partial charge in [-0.15, -0.1) is 0 Å². The minimum atomic E-state index is -2.09. The number of aliphatic carboxylic acids is 1. The van der Waals surface area contributed by atoms with Crippen molar-refractivity contribution in [1.29, 1.82) is 0 Å². The van der Waals surface area contributed by atoms with Gasteiger partial charge in [0.05, 0.1) is 6.61 Å². The van der Waals surface area contributed by atoms with Gasteiger partial charge in [0.1, 0.15) is 24.4 Å². The average molecular weight is 382 g/mol. The number of unbranched alkanes of at least 4 members (excludes halogenated alkanes) is 5. The fourth-order valence-corrected chi connectivity index (χ4v) is 2.22. The van der Waals surface area contributed by atoms with E-state index in [0.29, 0.717) is 19.3 Å². The molecule has 0 spiro atoms. The van der Waals surface area contributed by atoms with E-state index < -0.39 is 49.3 Å². The summed E-state index contributed by atoms with van der Waals surface area (Å²) in [6, 6.07) is 0. The zero-order valence-electron chi connectivity index (χ0n) is 14.6. The number of ether oxygens (including phenoxy) is 1. The molecule has 0 aromatic rings. The molecular weight excluding hydrogens is 352 g/mol. The van der Waals surface area contributed by atoms with E-state index in [4.69, 9.17) is 15.3 Å². The second-order valence-electron chi connectivity index (χ2n) is 6.12. The maximum atomic E-state index is 11.6. The van der Waals surface area contributed by atoms with Crippen molar-refractivity contribution >= 4 is 11.9 Å². The van der Waals surface area contributed by atoms with Crippen LogP contribution in [0.1, 0.15) is 51.4 Å². The van der Waals surface area contributed by atoms with E-state index in [1.54, 1.807) is 0 Å². The van der Waals surface area contributed by atoms with Crippen LogP contribution in [-0.4, -0.2) is 85.0 Å². The maximum absolute atomic E-state index is 11.6. The Hall–Kier alpha value is -1.30. The van der Waals surface area contributed by atoms with Gasteiger partial charge in [0.15, 0.2) is 0 Å². The van der Waals surface area contributed by atoms with Crippen LogP contribution >= 0.6 is 0 Å². The molecule has 0 rings (SSSR count). The number of carboxylic acid groups (broad SMARTS) is 1. The van der Waals surface area contributed by atoms with Crippen molar-refractivity contribution in [3.63, 3.8) is 0 Å². The number of carbonyl (C=O) groups excluding carboxylic acids is 1. The smallest absolute Gasteiger partial charge is 0.308 e. The third kappa shape index (κ3) is 10.6. The molecule has 0 aromatic carbocycles. The molecule has 7 N–H and O–H groups in total. The second-order valence-corrected chi connectivity index (χ2v) is 6.12. The van der Waals surface area contributed by atoms with Crippen molar-refractivity contribution in [1.82, 2.24) is 0 Å². The average Bonchev–Trinajstić information content (AvgIpc) is 2.60. The Kier molecular flexibility index (Phi) is 13.2. The van der Waals surface area contributed by atoms with Crippen LogP contribution in [0, 0.1) is 0 Å². The summed E-state index contributed by atoms with van der Waals surface area (Å²) >= 11 is 0. The highest BCUT2D eigenvalue weighted by molar-refractivity contribution is 5.69. The van der Waals surface area contributed by atoms with Crippen LogP contribution in [0.25, 0.3) is 0 Å². The van der Waals surface area contributed by atoms with Crippen molar-refractivity contribution in [2.75, 3.05) is 6.61 Å². The van der Waals surface area contributed by atoms with Gasteiger partial charge in [0.2, 0.25) is 6.29 Å². The van der Waals surface area contributed by atoms with Crippen molar-refractivity contribution in [2.45, 2.75) is 82.1 Å². The molecule has 5 atom stereocenters. The number of esters is 1. The lowest BCUT2D eigenvalue weighted by Gasteiger charge is -2.28. The molecule has 154 valence electrons. The standard InChI is InChI=1S/C16H30O10/c17-9-10(18)13(22)14(23)15(24)16(25)26-12(21)8-6-4-2-1-3-5-7-11(19)20/h10,13-18,22-25H,1-9H2,(H,19,20)/t10-,13-,14+,15+,16?/m1/s1. The fraction of sp³-hybridized carbons (Fsp3) is 0.875. The second kappa shape index (κ2) is 13.8. The van der Waals surface area contributed by atoms with Gasteiger partial charge in [-0.3, -0.25) is 9.59 Å². The van der Waals surface area contributed by atoms with Gasteiger partial charge in [0.25, 0.3) is 0 Å². The lowest BCUT2D eigenvalue weighted by Crippen LogP contribution is -2.50. The summed E-state index contributed by atoms with van der Waals surface area (Å²) in [7, 11) is 0. The number of aliphatic hydroxyl groups is 6. The lowest BCUT2D eigenvalue weighted by molar-refractivity contribution is -0.213. The molecule has 0 aromatic heterocycles. The Morgan fingerprint density at radius 3 is 1.73 bits per heavy atom. The first-order chi connectivity index (χ1) is 12.2. The van der Waals surface area contributed by atoms with E-state index in [0.717, 1.165) is 19.3 Å². The molecule has 10 heteroatoms. The molecule has 0 aliphatic carbocycles. The number of carbonyl (C=O) groups is 2. The van der Waals surface area contributed by atoms with Gasteiger partial charge in [-0.05, 0) is 12.8 Å². The number of rotatable bonds is 15. The summed E-state index contributed by atoms with van der Waals surface area (Å²) < 4.78 is 4.55. The van der Waals surface area contributed by atoms with Gasteiger partial charge in [-0.25, -0.2) is 0 Å². The topological polar surface area (TPSA) is 185 Å². The summed E-state index contributed by atoms with van der Waals surface area (Å²) in [6.45, 7) is -0.864. The zero-order chi connectivity index (χ0) is 20.1. The molecule has 0 heterocycles. The maximum Gasteiger partial charge on any atom is 0.308 e. The highest BCUT2D eigenvalue weighted by atomic mass is 16.6. The number of carboxylic acids is 1. The molecule has 0 aliphatic heterocycles. The van der Waals surface area contributed by atoms with Crippen LogP contribution < -0.4 is 0 Å². The molecule has 0 amide bonds. The number of hydrogen-bond donors (Lipinski definition) is 7. The van der Waals surface area contributed by atoms with Gasteiger partial charge >= 0.3 is 11.9 Å². The van der Waals surface area contributed by atoms with E-state index in [1.807, 2.05) is 0 Å². The fourth-order valence-electron chi connectivity index (χ4n) is 2.22. The van der Waals surface area contributed by atoms with Crippen LogP contribution in [0.2, 0.25) is 0 Å². The van der Waals surface area contributed by atoms with E-state index in [1.165, 1.54) is 0 Å². The van der Waals surface area contributed by atoms with E-state index >= 15 is 0 Å². The van der Waals surface area contributed by atoms with Gasteiger partial charge in [-0.2, -0.15) is 0 Å². The minimum Gasteiger partial charge on any atom is -0.481 e. The van der Waals surface area contributed by atoms with Crippen LogP contribution in [0.3, 0.4) is 0 Å². The van der Waals surface area contributed by atoms with Crippen molar-refractivity contribution in [3.8, 4) is 0 Å². The number of hydrogen-bond acceptors (Lipinski definition) is 9. The van der Waals surface area contributed by atoms with Crippen LogP contribution in [-0.2, 0) is 14.3 Å². The number of aliphatic hydroxyl groups excluding tert-OH is 6. The summed E-state index contributed by atoms with van der Waals surface area (Å²) in [4.78, 5) is 21.9. The summed E-state index contributed by atoms with van der Waals surface area (Å²) in [5.41, 5.74) is 0. The molecule has 10 nitrogen and oxygen atoms in total. The van der Waals surface area contributed by atoms with Gasteiger partial charge < -0.3 is 40.5 Å². The Bertz CT molecular complexity index is 402. The van der Waals surface area contributed by atoms with Crippen LogP contribution in [0.4, 0.5) is 0 Å². The van der Waals surface area contributed by atoms with Gasteiger partial charge in [0, 0.05) is 12.8 Å². The summed E-state index contributed by atoms with van der Waals surface area (Å²) in [6.07, 6.45) is -5.42. The van der Waals surface area contributed by atoms with Crippen molar-refractivity contribution in [2.24, 2.45) is 0 Å². The normalized spacial score (nSPS) is 17.2. The first-order valence-electron chi connectivity index (χ1n) is 8.63. The SMILES string of the molecule is O=C(O)CCCCCCCCC(=O)OC(O)[C@@H](O)[C@@H](O)[C@H](O)[C@H](O)CO. The molecule has 0 aliphatic rings. The van der Waals surface area contributed by atoms with E-state index in [-0.39, 0.29) is 12.8 Å². The molecule has 0 fully saturated rings. The van der Waals surface area contributed by atoms with Crippen LogP contribution in [0.15, 0.2) is 0 Å². The Balaban J connectivity index is 3.92. The molecule has 0 bridgehead atoms. The van der Waals surface area contributed by atoms with E-state index in [2.05, 4.69) is 4.74 Å². The Morgan fingerprint density at radius 2 is 1.23 bits per heavy atom. The third-order valence-electron chi connectivity index (χ3n) is 3.85. The lowest BCUT2D eigenvalue weighted by atomic mass is 10.0. The van der Waals surface area contributed by atoms with Crippen molar-refractivity contribution in [3.05, 3.63) is 0 Å². The quantitative estimate of drug-likeness (QED) is 0.0997. The van der Waals surface area contributed by atoms with Crippen molar-refractivity contribution < 1.29 is 50.1 Å². The highest BCUT2D eigenvalue weighted by Crippen LogP contribution is 2.12. The van der Waals surface area contributed by atoms with E-state index in [9.17, 15) is 30.0 Å². The summed E-state index contributed by atoms with van der Waals surface area (Å²) in [5, 5.41) is 64.5. The minimum absolute atomic E-state index is 0.0170. The predicted molar refractivity (Wildman–Crippen MR) is 87.8 cm³/mol. The molecule has 26 heavy (non-hydrogen) atoms. The zero-order valence-corrected chi connectivity index (χ0v) is 14.6. The molecule has 0 radical (unpaired) electrons. The third-order valence-corrected chi connectivity index (χ3v) is 3.85. The molecular formula is C16H30O10. The predicted octanol–water partition coefficient (Wildman–Crippen LogP) is -1.51. The largest absolute Gasteiger partial charge is 0.481 e. The molecule has 0 saturated carbocycles.